The highest BCUT2D eigenvalue weighted by Gasteiger charge is 2.44. The number of hydrogen-bond donors (Lipinski definition) is 0. The van der Waals surface area contributed by atoms with Crippen LogP contribution in [0.3, 0.4) is 0 Å². The van der Waals surface area contributed by atoms with Gasteiger partial charge in [-0.1, -0.05) is 25.6 Å². The number of carbonyl (C=O) groups is 1. The van der Waals surface area contributed by atoms with Crippen molar-refractivity contribution in [2.45, 2.75) is 49.6 Å². The molecule has 0 bridgehead atoms. The summed E-state index contributed by atoms with van der Waals surface area (Å²) in [6.07, 6.45) is 4.74. The summed E-state index contributed by atoms with van der Waals surface area (Å²) < 4.78 is 7.18. The third-order valence-electron chi connectivity index (χ3n) is 4.96. The fourth-order valence-corrected chi connectivity index (χ4v) is 4.73. The van der Waals surface area contributed by atoms with E-state index in [1.807, 2.05) is 19.1 Å². The Hall–Kier alpha value is -1.60. The molecule has 0 aromatic carbocycles. The van der Waals surface area contributed by atoms with Crippen molar-refractivity contribution in [3.05, 3.63) is 30.0 Å². The van der Waals surface area contributed by atoms with E-state index in [9.17, 15) is 4.79 Å². The van der Waals surface area contributed by atoms with E-state index < -0.39 is 0 Å². The monoisotopic (exact) mass is 346 g/mol. The molecule has 2 aliphatic heterocycles. The summed E-state index contributed by atoms with van der Waals surface area (Å²) in [6.45, 7) is 6.28. The van der Waals surface area contributed by atoms with Gasteiger partial charge in [-0.15, -0.1) is 5.10 Å². The van der Waals surface area contributed by atoms with Gasteiger partial charge >= 0.3 is 0 Å². The Morgan fingerprint density at radius 3 is 2.83 bits per heavy atom. The molecule has 2 aromatic heterocycles. The number of piperidine rings is 1. The van der Waals surface area contributed by atoms with Gasteiger partial charge in [-0.05, 0) is 44.0 Å². The molecule has 1 fully saturated rings. The number of thioether (sulfide) groups is 1. The molecule has 0 radical (unpaired) electrons. The topological polar surface area (TPSA) is 64.2 Å². The van der Waals surface area contributed by atoms with Gasteiger partial charge in [0, 0.05) is 6.42 Å². The molecule has 6 nitrogen and oxygen atoms in total. The molecule has 0 saturated carbocycles. The first-order valence-corrected chi connectivity index (χ1v) is 9.49. The summed E-state index contributed by atoms with van der Waals surface area (Å²) in [7, 11) is 0. The van der Waals surface area contributed by atoms with Crippen molar-refractivity contribution in [3.8, 4) is 0 Å². The van der Waals surface area contributed by atoms with E-state index >= 15 is 0 Å². The normalized spacial score (nSPS) is 23.6. The lowest BCUT2D eigenvalue weighted by Crippen LogP contribution is -2.42. The smallest absolute Gasteiger partial charge is 0.265 e. The number of hydrogen-bond acceptors (Lipinski definition) is 6. The quantitative estimate of drug-likeness (QED) is 0.848. The second-order valence-electron chi connectivity index (χ2n) is 6.63. The van der Waals surface area contributed by atoms with Crippen molar-refractivity contribution in [2.75, 3.05) is 13.1 Å². The molecule has 0 aliphatic carbocycles. The summed E-state index contributed by atoms with van der Waals surface area (Å²) in [5.41, 5.74) is 0. The molecule has 2 atom stereocenters. The van der Waals surface area contributed by atoms with Crippen LogP contribution in [0.1, 0.15) is 49.1 Å². The zero-order valence-corrected chi connectivity index (χ0v) is 14.8. The summed E-state index contributed by atoms with van der Waals surface area (Å²) in [6, 6.07) is 3.81. The van der Waals surface area contributed by atoms with Gasteiger partial charge in [0.25, 0.3) is 5.91 Å². The van der Waals surface area contributed by atoms with Crippen LogP contribution in [0.2, 0.25) is 0 Å². The number of likely N-dealkylation sites (tertiary alicyclic amines) is 1. The lowest BCUT2D eigenvalue weighted by molar-refractivity contribution is 0.0771. The number of rotatable bonds is 4. The van der Waals surface area contributed by atoms with Crippen molar-refractivity contribution in [3.63, 3.8) is 0 Å². The number of nitrogens with zero attached hydrogens (tertiary/aromatic N) is 4. The second-order valence-corrected chi connectivity index (χ2v) is 7.74. The van der Waals surface area contributed by atoms with E-state index in [1.54, 1.807) is 6.26 Å². The van der Waals surface area contributed by atoms with E-state index in [-0.39, 0.29) is 17.2 Å². The molecule has 0 amide bonds. The van der Waals surface area contributed by atoms with Crippen LogP contribution in [0.5, 0.6) is 0 Å². The third kappa shape index (κ3) is 2.69. The van der Waals surface area contributed by atoms with Gasteiger partial charge in [-0.2, -0.15) is 4.68 Å². The summed E-state index contributed by atoms with van der Waals surface area (Å²) in [4.78, 5) is 19.8. The van der Waals surface area contributed by atoms with Crippen molar-refractivity contribution in [1.29, 1.82) is 0 Å². The molecule has 0 spiro atoms. The maximum Gasteiger partial charge on any atom is 0.265 e. The van der Waals surface area contributed by atoms with E-state index in [2.05, 4.69) is 21.9 Å². The molecule has 2 unspecified atom stereocenters. The number of furan rings is 1. The molecule has 4 rings (SSSR count). The van der Waals surface area contributed by atoms with Gasteiger partial charge in [0.15, 0.2) is 11.0 Å². The summed E-state index contributed by atoms with van der Waals surface area (Å²) >= 11 is 1.52. The van der Waals surface area contributed by atoms with Crippen molar-refractivity contribution >= 4 is 17.7 Å². The third-order valence-corrected chi connectivity index (χ3v) is 6.14. The first-order valence-electron chi connectivity index (χ1n) is 8.61. The minimum Gasteiger partial charge on any atom is -0.468 e. The van der Waals surface area contributed by atoms with E-state index in [0.29, 0.717) is 5.16 Å². The summed E-state index contributed by atoms with van der Waals surface area (Å²) in [5, 5.41) is 4.81. The number of aromatic nitrogens is 3. The first kappa shape index (κ1) is 15.9. The molecule has 2 aromatic rings. The fraction of sp³-hybridized carbons (Fsp3) is 0.588. The standard InChI is InChI=1S/C17H22N4O2S/c1-3-13-18-17-21(19-13)16(22)15(24-17)14(12-5-4-10-23-12)20-8-6-11(2)7-9-20/h4-5,10-11,14-15H,3,6-9H2,1-2H3. The van der Waals surface area contributed by atoms with Crippen LogP contribution >= 0.6 is 11.8 Å². The lowest BCUT2D eigenvalue weighted by atomic mass is 9.96. The van der Waals surface area contributed by atoms with E-state index in [1.165, 1.54) is 16.4 Å². The number of fused-ring (bicyclic) bond motifs is 1. The van der Waals surface area contributed by atoms with Crippen LogP contribution in [0, 0.1) is 5.92 Å². The van der Waals surface area contributed by atoms with Crippen LogP contribution in [-0.4, -0.2) is 43.9 Å². The average molecular weight is 346 g/mol. The van der Waals surface area contributed by atoms with Crippen LogP contribution in [0.15, 0.2) is 28.0 Å². The molecule has 24 heavy (non-hydrogen) atoms. The number of carbonyl (C=O) groups excluding carboxylic acids is 1. The Morgan fingerprint density at radius 2 is 2.21 bits per heavy atom. The maximum absolute atomic E-state index is 12.9. The Labute approximate surface area is 145 Å². The largest absolute Gasteiger partial charge is 0.468 e. The molecule has 7 heteroatoms. The maximum atomic E-state index is 12.9. The van der Waals surface area contributed by atoms with Crippen LogP contribution in [-0.2, 0) is 6.42 Å². The molecule has 1 saturated heterocycles. The van der Waals surface area contributed by atoms with E-state index in [4.69, 9.17) is 4.42 Å². The SMILES string of the molecule is CCc1nc2n(n1)C(=O)C(C(c1ccco1)N1CCC(C)CC1)S2. The van der Waals surface area contributed by atoms with Gasteiger partial charge < -0.3 is 4.42 Å². The van der Waals surface area contributed by atoms with Gasteiger partial charge in [0.2, 0.25) is 0 Å². The highest BCUT2D eigenvalue weighted by Crippen LogP contribution is 2.42. The average Bonchev–Trinajstić information content (AvgIpc) is 3.29. The highest BCUT2D eigenvalue weighted by molar-refractivity contribution is 8.00. The van der Waals surface area contributed by atoms with Crippen molar-refractivity contribution in [2.24, 2.45) is 5.92 Å². The van der Waals surface area contributed by atoms with Crippen LogP contribution in [0.25, 0.3) is 0 Å². The Kier molecular flexibility index (Phi) is 4.22. The zero-order valence-electron chi connectivity index (χ0n) is 14.0. The molecule has 2 aliphatic rings. The van der Waals surface area contributed by atoms with Crippen LogP contribution in [0.4, 0.5) is 0 Å². The Morgan fingerprint density at radius 1 is 1.42 bits per heavy atom. The lowest BCUT2D eigenvalue weighted by Gasteiger charge is -2.37. The molecular formula is C17H22N4O2S. The molecule has 128 valence electrons. The number of aryl methyl sites for hydroxylation is 1. The minimum absolute atomic E-state index is 0.0159. The zero-order chi connectivity index (χ0) is 16.7. The minimum atomic E-state index is -0.245. The Bertz CT molecular complexity index is 719. The molecule has 0 N–H and O–H groups in total. The van der Waals surface area contributed by atoms with Gasteiger partial charge in [-0.25, -0.2) is 4.98 Å². The fourth-order valence-electron chi connectivity index (χ4n) is 3.48. The highest BCUT2D eigenvalue weighted by atomic mass is 32.2. The van der Waals surface area contributed by atoms with Gasteiger partial charge in [0.1, 0.15) is 11.0 Å². The Balaban J connectivity index is 1.63. The molecule has 4 heterocycles. The van der Waals surface area contributed by atoms with Gasteiger partial charge in [-0.3, -0.25) is 9.69 Å². The predicted molar refractivity (Wildman–Crippen MR) is 91.1 cm³/mol. The first-order chi connectivity index (χ1) is 11.7. The van der Waals surface area contributed by atoms with E-state index in [0.717, 1.165) is 49.9 Å². The van der Waals surface area contributed by atoms with Crippen molar-refractivity contribution < 1.29 is 9.21 Å². The van der Waals surface area contributed by atoms with Gasteiger partial charge in [0.05, 0.1) is 12.3 Å². The summed E-state index contributed by atoms with van der Waals surface area (Å²) in [5.74, 6) is 2.35. The molecular weight excluding hydrogens is 324 g/mol. The van der Waals surface area contributed by atoms with Crippen LogP contribution < -0.4 is 0 Å². The predicted octanol–water partition coefficient (Wildman–Crippen LogP) is 3.02. The second kappa shape index (κ2) is 6.37. The van der Waals surface area contributed by atoms with Crippen molar-refractivity contribution in [1.82, 2.24) is 19.7 Å².